The minimum Gasteiger partial charge on any atom is -0.355 e. The Kier molecular flexibility index (Phi) is 5.69. The molecule has 0 aliphatic rings. The molecule has 1 aromatic rings. The van der Waals surface area contributed by atoms with Crippen LogP contribution in [0.1, 0.15) is 33.0 Å². The zero-order valence-corrected chi connectivity index (χ0v) is 10.9. The first-order valence-electron chi connectivity index (χ1n) is 6.20. The highest BCUT2D eigenvalue weighted by atomic mass is 16.2. The molecule has 1 atom stereocenters. The Morgan fingerprint density at radius 1 is 1.53 bits per heavy atom. The Bertz CT molecular complexity index is 348. The summed E-state index contributed by atoms with van der Waals surface area (Å²) in [5.74, 6) is 1.00. The largest absolute Gasteiger partial charge is 0.355 e. The minimum atomic E-state index is -0.193. The molecule has 5 heteroatoms. The number of amides is 1. The van der Waals surface area contributed by atoms with Crippen LogP contribution in [-0.4, -0.2) is 28.0 Å². The molecule has 96 valence electrons. The number of carbonyl (C=O) groups excluding carboxylic acids is 1. The summed E-state index contributed by atoms with van der Waals surface area (Å²) in [5, 5.41) is 5.96. The van der Waals surface area contributed by atoms with E-state index in [-0.39, 0.29) is 11.9 Å². The van der Waals surface area contributed by atoms with E-state index in [0.717, 1.165) is 18.8 Å². The van der Waals surface area contributed by atoms with Crippen LogP contribution in [0.4, 0.5) is 0 Å². The minimum absolute atomic E-state index is 0.0288. The highest BCUT2D eigenvalue weighted by Gasteiger charge is 2.11. The van der Waals surface area contributed by atoms with Gasteiger partial charge in [0.15, 0.2) is 0 Å². The van der Waals surface area contributed by atoms with E-state index in [9.17, 15) is 4.79 Å². The molecule has 1 heterocycles. The zero-order chi connectivity index (χ0) is 12.7. The molecular weight excluding hydrogens is 216 g/mol. The summed E-state index contributed by atoms with van der Waals surface area (Å²) < 4.78 is 2.11. The van der Waals surface area contributed by atoms with Gasteiger partial charge in [-0.15, -0.1) is 0 Å². The zero-order valence-electron chi connectivity index (χ0n) is 10.9. The Balaban J connectivity index is 2.44. The van der Waals surface area contributed by atoms with Crippen LogP contribution in [0.25, 0.3) is 0 Å². The fourth-order valence-electron chi connectivity index (χ4n) is 1.62. The van der Waals surface area contributed by atoms with Crippen molar-refractivity contribution in [2.45, 2.75) is 46.3 Å². The summed E-state index contributed by atoms with van der Waals surface area (Å²) in [4.78, 5) is 15.8. The number of carbonyl (C=O) groups is 1. The first-order valence-corrected chi connectivity index (χ1v) is 6.20. The molecule has 0 aliphatic carbocycles. The quantitative estimate of drug-likeness (QED) is 0.742. The van der Waals surface area contributed by atoms with E-state index in [2.05, 4.69) is 27.1 Å². The van der Waals surface area contributed by atoms with Gasteiger partial charge in [0.1, 0.15) is 5.82 Å². The van der Waals surface area contributed by atoms with Gasteiger partial charge < -0.3 is 9.88 Å². The van der Waals surface area contributed by atoms with E-state index in [1.807, 2.05) is 20.0 Å². The van der Waals surface area contributed by atoms with Crippen LogP contribution < -0.4 is 10.6 Å². The second-order valence-corrected chi connectivity index (χ2v) is 4.03. The van der Waals surface area contributed by atoms with Gasteiger partial charge in [0.05, 0.1) is 12.6 Å². The van der Waals surface area contributed by atoms with E-state index < -0.39 is 0 Å². The Morgan fingerprint density at radius 3 is 2.94 bits per heavy atom. The van der Waals surface area contributed by atoms with Gasteiger partial charge in [-0.3, -0.25) is 10.1 Å². The molecular formula is C12H22N4O. The van der Waals surface area contributed by atoms with Crippen molar-refractivity contribution >= 4 is 5.91 Å². The van der Waals surface area contributed by atoms with Crippen LogP contribution >= 0.6 is 0 Å². The van der Waals surface area contributed by atoms with Gasteiger partial charge in [-0.25, -0.2) is 4.98 Å². The number of nitrogens with one attached hydrogen (secondary N) is 2. The van der Waals surface area contributed by atoms with Crippen LogP contribution in [0, 0.1) is 0 Å². The Morgan fingerprint density at radius 2 is 2.29 bits per heavy atom. The number of hydrogen-bond donors (Lipinski definition) is 2. The molecule has 0 fully saturated rings. The molecule has 5 nitrogen and oxygen atoms in total. The lowest BCUT2D eigenvalue weighted by atomic mass is 10.3. The van der Waals surface area contributed by atoms with Crippen LogP contribution in [0.3, 0.4) is 0 Å². The predicted molar refractivity (Wildman–Crippen MR) is 67.5 cm³/mol. The monoisotopic (exact) mass is 238 g/mol. The third-order valence-corrected chi connectivity index (χ3v) is 2.58. The molecule has 0 bridgehead atoms. The molecule has 1 amide bonds. The molecule has 0 aromatic carbocycles. The third kappa shape index (κ3) is 4.19. The van der Waals surface area contributed by atoms with E-state index in [0.29, 0.717) is 13.1 Å². The topological polar surface area (TPSA) is 59.0 Å². The standard InChI is InChI=1S/C12H22N4O/c1-4-7-16-8-6-14-11(16)9-15-10(3)12(17)13-5-2/h6,8,10,15H,4-5,7,9H2,1-3H3,(H,13,17). The van der Waals surface area contributed by atoms with Crippen molar-refractivity contribution in [2.24, 2.45) is 0 Å². The number of aromatic nitrogens is 2. The second-order valence-electron chi connectivity index (χ2n) is 4.03. The fraction of sp³-hybridized carbons (Fsp3) is 0.667. The van der Waals surface area contributed by atoms with E-state index in [1.165, 1.54) is 0 Å². The van der Waals surface area contributed by atoms with Gasteiger partial charge in [-0.1, -0.05) is 6.92 Å². The fourth-order valence-corrected chi connectivity index (χ4v) is 1.62. The average molecular weight is 238 g/mol. The van der Waals surface area contributed by atoms with Crippen molar-refractivity contribution in [3.05, 3.63) is 18.2 Å². The predicted octanol–water partition coefficient (Wildman–Crippen LogP) is 0.907. The van der Waals surface area contributed by atoms with Gasteiger partial charge in [-0.2, -0.15) is 0 Å². The summed E-state index contributed by atoms with van der Waals surface area (Å²) in [5.41, 5.74) is 0. The van der Waals surface area contributed by atoms with Crippen molar-refractivity contribution < 1.29 is 4.79 Å². The molecule has 0 spiro atoms. The van der Waals surface area contributed by atoms with Gasteiger partial charge in [-0.05, 0) is 20.3 Å². The summed E-state index contributed by atoms with van der Waals surface area (Å²) in [6, 6.07) is -0.193. The van der Waals surface area contributed by atoms with Crippen molar-refractivity contribution in [1.29, 1.82) is 0 Å². The first kappa shape index (κ1) is 13.7. The SMILES string of the molecule is CCCn1ccnc1CNC(C)C(=O)NCC. The molecule has 17 heavy (non-hydrogen) atoms. The van der Waals surface area contributed by atoms with Crippen molar-refractivity contribution in [3.63, 3.8) is 0 Å². The lowest BCUT2D eigenvalue weighted by Gasteiger charge is -2.13. The second kappa shape index (κ2) is 7.06. The van der Waals surface area contributed by atoms with Gasteiger partial charge in [0, 0.05) is 25.5 Å². The van der Waals surface area contributed by atoms with Crippen LogP contribution in [0.5, 0.6) is 0 Å². The van der Waals surface area contributed by atoms with Crippen molar-refractivity contribution in [2.75, 3.05) is 6.54 Å². The highest BCUT2D eigenvalue weighted by molar-refractivity contribution is 5.81. The molecule has 0 radical (unpaired) electrons. The molecule has 0 saturated heterocycles. The van der Waals surface area contributed by atoms with Crippen LogP contribution in [0.2, 0.25) is 0 Å². The molecule has 2 N–H and O–H groups in total. The number of imidazole rings is 1. The average Bonchev–Trinajstić information content (AvgIpc) is 2.74. The van der Waals surface area contributed by atoms with E-state index in [1.54, 1.807) is 6.20 Å². The lowest BCUT2D eigenvalue weighted by Crippen LogP contribution is -2.42. The highest BCUT2D eigenvalue weighted by Crippen LogP contribution is 1.99. The lowest BCUT2D eigenvalue weighted by molar-refractivity contribution is -0.122. The molecule has 1 unspecified atom stereocenters. The maximum Gasteiger partial charge on any atom is 0.236 e. The van der Waals surface area contributed by atoms with Crippen molar-refractivity contribution in [3.8, 4) is 0 Å². The smallest absolute Gasteiger partial charge is 0.236 e. The number of nitrogens with zero attached hydrogens (tertiary/aromatic N) is 2. The first-order chi connectivity index (χ1) is 8.19. The van der Waals surface area contributed by atoms with E-state index in [4.69, 9.17) is 0 Å². The Labute approximate surface area is 103 Å². The van der Waals surface area contributed by atoms with Crippen LogP contribution in [-0.2, 0) is 17.9 Å². The number of aryl methyl sites for hydroxylation is 1. The van der Waals surface area contributed by atoms with Crippen molar-refractivity contribution in [1.82, 2.24) is 20.2 Å². The molecule has 1 aromatic heterocycles. The maximum atomic E-state index is 11.5. The number of hydrogen-bond acceptors (Lipinski definition) is 3. The third-order valence-electron chi connectivity index (χ3n) is 2.58. The molecule has 1 rings (SSSR count). The summed E-state index contributed by atoms with van der Waals surface area (Å²) >= 11 is 0. The van der Waals surface area contributed by atoms with Gasteiger partial charge in [0.25, 0.3) is 0 Å². The van der Waals surface area contributed by atoms with Gasteiger partial charge >= 0.3 is 0 Å². The van der Waals surface area contributed by atoms with Crippen LogP contribution in [0.15, 0.2) is 12.4 Å². The van der Waals surface area contributed by atoms with E-state index >= 15 is 0 Å². The Hall–Kier alpha value is -1.36. The summed E-state index contributed by atoms with van der Waals surface area (Å²) in [6.45, 7) is 8.15. The molecule has 0 aliphatic heterocycles. The summed E-state index contributed by atoms with van der Waals surface area (Å²) in [6.07, 6.45) is 4.84. The normalized spacial score (nSPS) is 12.4. The molecule has 0 saturated carbocycles. The number of likely N-dealkylation sites (N-methyl/N-ethyl adjacent to an activating group) is 1. The number of rotatable bonds is 7. The maximum absolute atomic E-state index is 11.5. The summed E-state index contributed by atoms with van der Waals surface area (Å²) in [7, 11) is 0. The van der Waals surface area contributed by atoms with Gasteiger partial charge in [0.2, 0.25) is 5.91 Å².